The van der Waals surface area contributed by atoms with Gasteiger partial charge in [0.15, 0.2) is 10.8 Å². The van der Waals surface area contributed by atoms with Gasteiger partial charge in [0.25, 0.3) is 5.56 Å². The molecule has 0 radical (unpaired) electrons. The lowest BCUT2D eigenvalue weighted by atomic mass is 10.1. The van der Waals surface area contributed by atoms with Crippen molar-refractivity contribution in [3.63, 3.8) is 0 Å². The van der Waals surface area contributed by atoms with E-state index in [1.807, 2.05) is 0 Å². The van der Waals surface area contributed by atoms with Gasteiger partial charge in [0.2, 0.25) is 0 Å². The molecule has 2 heterocycles. The first-order chi connectivity index (χ1) is 8.83. The van der Waals surface area contributed by atoms with Gasteiger partial charge in [-0.3, -0.25) is 9.89 Å². The molecule has 18 heavy (non-hydrogen) atoms. The van der Waals surface area contributed by atoms with Gasteiger partial charge in [0.1, 0.15) is 5.39 Å². The molecule has 5 nitrogen and oxygen atoms in total. The first kappa shape index (κ1) is 11.8. The van der Waals surface area contributed by atoms with Crippen LogP contribution >= 0.6 is 11.8 Å². The third-order valence-corrected chi connectivity index (χ3v) is 4.44. The first-order valence-electron chi connectivity index (χ1n) is 6.39. The summed E-state index contributed by atoms with van der Waals surface area (Å²) in [5.41, 5.74) is 0.458. The SMILES string of the molecule is O=c1[nH]c(SCCC2CCCC2)nc2[nH]ncc12. The van der Waals surface area contributed by atoms with Gasteiger partial charge in [0, 0.05) is 5.75 Å². The second kappa shape index (κ2) is 5.14. The number of aromatic amines is 2. The van der Waals surface area contributed by atoms with E-state index in [9.17, 15) is 4.79 Å². The quantitative estimate of drug-likeness (QED) is 0.656. The summed E-state index contributed by atoms with van der Waals surface area (Å²) >= 11 is 1.63. The minimum Gasteiger partial charge on any atom is -0.301 e. The number of nitrogens with zero attached hydrogens (tertiary/aromatic N) is 2. The maximum Gasteiger partial charge on any atom is 0.262 e. The van der Waals surface area contributed by atoms with Crippen LogP contribution in [0.4, 0.5) is 0 Å². The van der Waals surface area contributed by atoms with E-state index < -0.39 is 0 Å². The first-order valence-corrected chi connectivity index (χ1v) is 7.37. The molecule has 2 aromatic heterocycles. The predicted molar refractivity (Wildman–Crippen MR) is 71.8 cm³/mol. The van der Waals surface area contributed by atoms with Gasteiger partial charge < -0.3 is 4.98 Å². The van der Waals surface area contributed by atoms with Crippen molar-refractivity contribution in [2.75, 3.05) is 5.75 Å². The summed E-state index contributed by atoms with van der Waals surface area (Å²) in [6.45, 7) is 0. The Kier molecular flexibility index (Phi) is 3.36. The molecule has 0 atom stereocenters. The Bertz CT molecular complexity index is 585. The highest BCUT2D eigenvalue weighted by atomic mass is 32.2. The number of rotatable bonds is 4. The highest BCUT2D eigenvalue weighted by Crippen LogP contribution is 2.29. The largest absolute Gasteiger partial charge is 0.301 e. The molecule has 0 aromatic carbocycles. The lowest BCUT2D eigenvalue weighted by Gasteiger charge is -2.07. The Morgan fingerprint density at radius 3 is 3.06 bits per heavy atom. The third-order valence-electron chi connectivity index (χ3n) is 3.54. The molecule has 0 amide bonds. The summed E-state index contributed by atoms with van der Waals surface area (Å²) in [6.07, 6.45) is 8.22. The summed E-state index contributed by atoms with van der Waals surface area (Å²) in [7, 11) is 0. The zero-order valence-corrected chi connectivity index (χ0v) is 10.9. The number of hydrogen-bond acceptors (Lipinski definition) is 4. The molecule has 0 bridgehead atoms. The normalized spacial score (nSPS) is 16.7. The van der Waals surface area contributed by atoms with E-state index in [4.69, 9.17) is 0 Å². The topological polar surface area (TPSA) is 74.4 Å². The maximum atomic E-state index is 11.7. The number of thioether (sulfide) groups is 1. The highest BCUT2D eigenvalue weighted by molar-refractivity contribution is 7.99. The zero-order chi connectivity index (χ0) is 12.4. The Morgan fingerprint density at radius 2 is 2.22 bits per heavy atom. The van der Waals surface area contributed by atoms with Gasteiger partial charge >= 0.3 is 0 Å². The van der Waals surface area contributed by atoms with Crippen LogP contribution in [0.15, 0.2) is 16.1 Å². The standard InChI is InChI=1S/C12H16N4OS/c17-11-9-7-13-16-10(9)14-12(15-11)18-6-5-8-3-1-2-4-8/h7-8H,1-6H2,(H2,13,14,15,16,17). The molecule has 6 heteroatoms. The van der Waals surface area contributed by atoms with Crippen LogP contribution in [-0.4, -0.2) is 25.9 Å². The van der Waals surface area contributed by atoms with Crippen molar-refractivity contribution in [2.24, 2.45) is 5.92 Å². The number of nitrogens with one attached hydrogen (secondary N) is 2. The Morgan fingerprint density at radius 1 is 1.39 bits per heavy atom. The molecule has 1 aliphatic carbocycles. The molecule has 1 aliphatic rings. The predicted octanol–water partition coefficient (Wildman–Crippen LogP) is 2.32. The average Bonchev–Trinajstić information content (AvgIpc) is 2.99. The lowest BCUT2D eigenvalue weighted by Crippen LogP contribution is -2.08. The van der Waals surface area contributed by atoms with Gasteiger partial charge in [-0.25, -0.2) is 4.98 Å². The maximum absolute atomic E-state index is 11.7. The van der Waals surface area contributed by atoms with E-state index in [1.54, 1.807) is 11.8 Å². The molecule has 96 valence electrons. The number of H-pyrrole nitrogens is 2. The van der Waals surface area contributed by atoms with Gasteiger partial charge in [-0.15, -0.1) is 0 Å². The summed E-state index contributed by atoms with van der Waals surface area (Å²) in [5, 5.41) is 7.78. The molecule has 1 saturated carbocycles. The molecular formula is C12H16N4OS. The van der Waals surface area contributed by atoms with Crippen LogP contribution < -0.4 is 5.56 Å². The minimum atomic E-state index is -0.114. The molecule has 0 spiro atoms. The Balaban J connectivity index is 1.65. The molecular weight excluding hydrogens is 248 g/mol. The van der Waals surface area contributed by atoms with Crippen molar-refractivity contribution in [3.8, 4) is 0 Å². The summed E-state index contributed by atoms with van der Waals surface area (Å²) in [5.74, 6) is 1.90. The third kappa shape index (κ3) is 2.43. The van der Waals surface area contributed by atoms with E-state index in [1.165, 1.54) is 38.3 Å². The van der Waals surface area contributed by atoms with E-state index in [-0.39, 0.29) is 5.56 Å². The summed E-state index contributed by atoms with van der Waals surface area (Å²) in [6, 6.07) is 0. The van der Waals surface area contributed by atoms with E-state index in [0.29, 0.717) is 16.2 Å². The fraction of sp³-hybridized carbons (Fsp3) is 0.583. The molecule has 2 aromatic rings. The van der Waals surface area contributed by atoms with Crippen LogP contribution in [0.5, 0.6) is 0 Å². The summed E-state index contributed by atoms with van der Waals surface area (Å²) < 4.78 is 0. The van der Waals surface area contributed by atoms with Gasteiger partial charge in [-0.05, 0) is 12.3 Å². The van der Waals surface area contributed by atoms with Crippen molar-refractivity contribution in [2.45, 2.75) is 37.3 Å². The van der Waals surface area contributed by atoms with Crippen LogP contribution in [0.1, 0.15) is 32.1 Å². The second-order valence-corrected chi connectivity index (χ2v) is 5.87. The van der Waals surface area contributed by atoms with Crippen molar-refractivity contribution in [1.29, 1.82) is 0 Å². The van der Waals surface area contributed by atoms with Gasteiger partial charge in [-0.1, -0.05) is 37.4 Å². The Hall–Kier alpha value is -1.30. The van der Waals surface area contributed by atoms with E-state index in [0.717, 1.165) is 11.7 Å². The zero-order valence-electron chi connectivity index (χ0n) is 10.1. The highest BCUT2D eigenvalue weighted by Gasteiger charge is 2.14. The van der Waals surface area contributed by atoms with Crippen LogP contribution in [0.3, 0.4) is 0 Å². The molecule has 0 aliphatic heterocycles. The van der Waals surface area contributed by atoms with Crippen molar-refractivity contribution < 1.29 is 0 Å². The number of fused-ring (bicyclic) bond motifs is 1. The summed E-state index contributed by atoms with van der Waals surface area (Å²) in [4.78, 5) is 18.9. The average molecular weight is 264 g/mol. The minimum absolute atomic E-state index is 0.114. The molecule has 0 unspecified atom stereocenters. The second-order valence-electron chi connectivity index (χ2n) is 4.79. The van der Waals surface area contributed by atoms with Crippen molar-refractivity contribution in [1.82, 2.24) is 20.2 Å². The number of hydrogen-bond donors (Lipinski definition) is 2. The number of aromatic nitrogens is 4. The van der Waals surface area contributed by atoms with Crippen LogP contribution in [-0.2, 0) is 0 Å². The van der Waals surface area contributed by atoms with Crippen molar-refractivity contribution in [3.05, 3.63) is 16.6 Å². The van der Waals surface area contributed by atoms with Crippen LogP contribution in [0, 0.1) is 5.92 Å². The van der Waals surface area contributed by atoms with Crippen molar-refractivity contribution >= 4 is 22.8 Å². The van der Waals surface area contributed by atoms with Gasteiger partial charge in [-0.2, -0.15) is 5.10 Å². The molecule has 0 saturated heterocycles. The molecule has 3 rings (SSSR count). The lowest BCUT2D eigenvalue weighted by molar-refractivity contribution is 0.535. The van der Waals surface area contributed by atoms with Gasteiger partial charge in [0.05, 0.1) is 6.20 Å². The van der Waals surface area contributed by atoms with Crippen LogP contribution in [0.2, 0.25) is 0 Å². The van der Waals surface area contributed by atoms with E-state index >= 15 is 0 Å². The molecule has 1 fully saturated rings. The smallest absolute Gasteiger partial charge is 0.262 e. The van der Waals surface area contributed by atoms with Crippen LogP contribution in [0.25, 0.3) is 11.0 Å². The Labute approximate surface area is 109 Å². The fourth-order valence-electron chi connectivity index (χ4n) is 2.51. The van der Waals surface area contributed by atoms with E-state index in [2.05, 4.69) is 20.2 Å². The monoisotopic (exact) mass is 264 g/mol. The molecule has 2 N–H and O–H groups in total. The fourth-order valence-corrected chi connectivity index (χ4v) is 3.48.